The number of morpholine rings is 1. The summed E-state index contributed by atoms with van der Waals surface area (Å²) in [4.78, 5) is 4.94. The maximum absolute atomic E-state index is 10.0. The van der Waals surface area contributed by atoms with Gasteiger partial charge in [0.2, 0.25) is 0 Å². The Morgan fingerprint density at radius 3 is 2.68 bits per heavy atom. The Morgan fingerprint density at radius 1 is 1.26 bits per heavy atom. The number of nitrogens with one attached hydrogen (secondary N) is 1. The first-order valence-electron chi connectivity index (χ1n) is 7.60. The second-order valence-electron chi connectivity index (χ2n) is 6.07. The highest BCUT2D eigenvalue weighted by molar-refractivity contribution is 4.85. The zero-order valence-electron chi connectivity index (χ0n) is 12.3. The summed E-state index contributed by atoms with van der Waals surface area (Å²) in [6.07, 6.45) is 0.968. The summed E-state index contributed by atoms with van der Waals surface area (Å²) >= 11 is 0. The highest BCUT2D eigenvalue weighted by Crippen LogP contribution is 2.16. The van der Waals surface area contributed by atoms with Crippen molar-refractivity contribution in [1.29, 1.82) is 0 Å². The van der Waals surface area contributed by atoms with Gasteiger partial charge in [-0.05, 0) is 13.0 Å². The minimum Gasteiger partial charge on any atom is -0.390 e. The lowest BCUT2D eigenvalue weighted by molar-refractivity contribution is 0.0174. The van der Waals surface area contributed by atoms with Gasteiger partial charge in [-0.25, -0.2) is 0 Å². The Balaban J connectivity index is 1.66. The molecule has 2 saturated heterocycles. The van der Waals surface area contributed by atoms with E-state index in [4.69, 9.17) is 4.74 Å². The predicted octanol–water partition coefficient (Wildman–Crippen LogP) is -0.248. The van der Waals surface area contributed by atoms with E-state index in [1.165, 1.54) is 6.42 Å². The lowest BCUT2D eigenvalue weighted by atomic mass is 10.2. The number of aliphatic hydroxyl groups is 1. The molecule has 5 nitrogen and oxygen atoms in total. The van der Waals surface area contributed by atoms with E-state index in [9.17, 15) is 5.11 Å². The van der Waals surface area contributed by atoms with Crippen LogP contribution in [0.3, 0.4) is 0 Å². The smallest absolute Gasteiger partial charge is 0.0791 e. The number of hydrogen-bond acceptors (Lipinski definition) is 5. The molecule has 5 heteroatoms. The van der Waals surface area contributed by atoms with Gasteiger partial charge in [-0.3, -0.25) is 9.80 Å². The first-order valence-corrected chi connectivity index (χ1v) is 7.60. The lowest BCUT2D eigenvalue weighted by Crippen LogP contribution is -2.45. The van der Waals surface area contributed by atoms with E-state index >= 15 is 0 Å². The highest BCUT2D eigenvalue weighted by Gasteiger charge is 2.29. The third-order valence-electron chi connectivity index (χ3n) is 4.04. The van der Waals surface area contributed by atoms with Crippen LogP contribution in [0.4, 0.5) is 0 Å². The number of rotatable bonds is 6. The molecule has 2 aliphatic rings. The van der Waals surface area contributed by atoms with Crippen LogP contribution >= 0.6 is 0 Å². The molecule has 2 unspecified atom stereocenters. The van der Waals surface area contributed by atoms with Crippen LogP contribution in [0.1, 0.15) is 20.3 Å². The Hall–Kier alpha value is -0.200. The molecule has 2 atom stereocenters. The van der Waals surface area contributed by atoms with Crippen molar-refractivity contribution in [3.8, 4) is 0 Å². The molecule has 0 aromatic heterocycles. The average molecular weight is 271 g/mol. The van der Waals surface area contributed by atoms with E-state index < -0.39 is 0 Å². The average Bonchev–Trinajstić information content (AvgIpc) is 2.86. The van der Waals surface area contributed by atoms with Gasteiger partial charge in [-0.2, -0.15) is 0 Å². The third-order valence-corrected chi connectivity index (χ3v) is 4.04. The topological polar surface area (TPSA) is 48.0 Å². The number of aliphatic hydroxyl groups excluding tert-OH is 1. The summed E-state index contributed by atoms with van der Waals surface area (Å²) in [5.41, 5.74) is 0. The fraction of sp³-hybridized carbons (Fsp3) is 1.00. The van der Waals surface area contributed by atoms with Crippen LogP contribution < -0.4 is 5.32 Å². The molecular weight excluding hydrogens is 242 g/mol. The molecule has 2 fully saturated rings. The Labute approximate surface area is 116 Å². The third kappa shape index (κ3) is 5.00. The summed E-state index contributed by atoms with van der Waals surface area (Å²) in [7, 11) is 0. The monoisotopic (exact) mass is 271 g/mol. The van der Waals surface area contributed by atoms with Crippen molar-refractivity contribution in [2.75, 3.05) is 52.5 Å². The lowest BCUT2D eigenvalue weighted by Gasteiger charge is -2.32. The highest BCUT2D eigenvalue weighted by atomic mass is 16.5. The molecule has 19 heavy (non-hydrogen) atoms. The van der Waals surface area contributed by atoms with Crippen LogP contribution in [0.25, 0.3) is 0 Å². The number of ether oxygens (including phenoxy) is 1. The summed E-state index contributed by atoms with van der Waals surface area (Å²) < 4.78 is 5.40. The van der Waals surface area contributed by atoms with Gasteiger partial charge in [0, 0.05) is 44.8 Å². The molecule has 0 radical (unpaired) electrons. The van der Waals surface area contributed by atoms with Crippen LogP contribution in [-0.2, 0) is 4.74 Å². The minimum atomic E-state index is -0.258. The zero-order chi connectivity index (χ0) is 13.7. The first-order chi connectivity index (χ1) is 9.15. The van der Waals surface area contributed by atoms with Crippen LogP contribution in [0, 0.1) is 0 Å². The number of likely N-dealkylation sites (tertiary alicyclic amines) is 1. The van der Waals surface area contributed by atoms with E-state index in [1.807, 2.05) is 0 Å². The summed E-state index contributed by atoms with van der Waals surface area (Å²) in [5, 5.41) is 13.3. The zero-order valence-corrected chi connectivity index (χ0v) is 12.3. The summed E-state index contributed by atoms with van der Waals surface area (Å²) in [5.74, 6) is 0. The van der Waals surface area contributed by atoms with Crippen molar-refractivity contribution >= 4 is 0 Å². The van der Waals surface area contributed by atoms with Crippen LogP contribution in [0.2, 0.25) is 0 Å². The van der Waals surface area contributed by atoms with Crippen LogP contribution in [0.15, 0.2) is 0 Å². The van der Waals surface area contributed by atoms with Crippen LogP contribution in [0.5, 0.6) is 0 Å². The quantitative estimate of drug-likeness (QED) is 0.698. The number of nitrogens with zero attached hydrogens (tertiary/aromatic N) is 2. The van der Waals surface area contributed by atoms with Crippen LogP contribution in [-0.4, -0.2) is 85.6 Å². The predicted molar refractivity (Wildman–Crippen MR) is 76.4 cm³/mol. The second-order valence-corrected chi connectivity index (χ2v) is 6.07. The van der Waals surface area contributed by atoms with E-state index in [0.717, 1.165) is 45.9 Å². The van der Waals surface area contributed by atoms with Crippen molar-refractivity contribution in [3.05, 3.63) is 0 Å². The number of β-amino-alcohol motifs (C(OH)–C–C–N with tert-alkyl or cyclic N) is 1. The van der Waals surface area contributed by atoms with E-state index in [2.05, 4.69) is 29.0 Å². The SMILES string of the molecule is CC(C)NCC(O)CN1CCC(N2CCOCC2)C1. The maximum Gasteiger partial charge on any atom is 0.0791 e. The largest absolute Gasteiger partial charge is 0.390 e. The molecule has 2 rings (SSSR count). The normalized spacial score (nSPS) is 28.1. The summed E-state index contributed by atoms with van der Waals surface area (Å²) in [6.45, 7) is 11.8. The minimum absolute atomic E-state index is 0.258. The van der Waals surface area contributed by atoms with Crippen molar-refractivity contribution in [2.24, 2.45) is 0 Å². The van der Waals surface area contributed by atoms with Gasteiger partial charge in [-0.15, -0.1) is 0 Å². The van der Waals surface area contributed by atoms with Crippen molar-refractivity contribution in [2.45, 2.75) is 38.5 Å². The van der Waals surface area contributed by atoms with Crippen molar-refractivity contribution in [1.82, 2.24) is 15.1 Å². The summed E-state index contributed by atoms with van der Waals surface area (Å²) in [6, 6.07) is 1.10. The molecule has 0 amide bonds. The molecule has 0 aliphatic carbocycles. The Kier molecular flexibility index (Phi) is 6.04. The molecule has 112 valence electrons. The van der Waals surface area contributed by atoms with E-state index in [0.29, 0.717) is 18.6 Å². The molecule has 0 saturated carbocycles. The van der Waals surface area contributed by atoms with E-state index in [1.54, 1.807) is 0 Å². The molecule has 0 aromatic rings. The molecular formula is C14H29N3O2. The Morgan fingerprint density at radius 2 is 2.00 bits per heavy atom. The molecule has 2 heterocycles. The fourth-order valence-corrected chi connectivity index (χ4v) is 2.95. The molecule has 2 N–H and O–H groups in total. The van der Waals surface area contributed by atoms with Gasteiger partial charge < -0.3 is 15.2 Å². The van der Waals surface area contributed by atoms with Gasteiger partial charge in [0.15, 0.2) is 0 Å². The van der Waals surface area contributed by atoms with Crippen molar-refractivity contribution < 1.29 is 9.84 Å². The second kappa shape index (κ2) is 7.55. The van der Waals surface area contributed by atoms with E-state index in [-0.39, 0.29) is 6.10 Å². The van der Waals surface area contributed by atoms with Gasteiger partial charge in [0.1, 0.15) is 0 Å². The fourth-order valence-electron chi connectivity index (χ4n) is 2.95. The maximum atomic E-state index is 10.0. The Bertz CT molecular complexity index is 257. The molecule has 2 aliphatic heterocycles. The van der Waals surface area contributed by atoms with Gasteiger partial charge in [0.05, 0.1) is 19.3 Å². The van der Waals surface area contributed by atoms with Crippen molar-refractivity contribution in [3.63, 3.8) is 0 Å². The van der Waals surface area contributed by atoms with Gasteiger partial charge >= 0.3 is 0 Å². The number of hydrogen-bond donors (Lipinski definition) is 2. The molecule has 0 spiro atoms. The first kappa shape index (κ1) is 15.2. The molecule has 0 aromatic carbocycles. The van der Waals surface area contributed by atoms with Gasteiger partial charge in [0.25, 0.3) is 0 Å². The van der Waals surface area contributed by atoms with Gasteiger partial charge in [-0.1, -0.05) is 13.8 Å². The molecule has 0 bridgehead atoms. The standard InChI is InChI=1S/C14H29N3O2/c1-12(2)15-9-14(18)11-16-4-3-13(10-16)17-5-7-19-8-6-17/h12-15,18H,3-11H2,1-2H3.